The van der Waals surface area contributed by atoms with Crippen molar-refractivity contribution in [2.45, 2.75) is 72.3 Å². The van der Waals surface area contributed by atoms with E-state index in [0.29, 0.717) is 0 Å². The van der Waals surface area contributed by atoms with Gasteiger partial charge in [-0.05, 0) is 51.9 Å². The molecule has 94 valence electrons. The molecule has 2 heteroatoms. The van der Waals surface area contributed by atoms with Crippen molar-refractivity contribution in [1.82, 2.24) is 0 Å². The molecule has 0 radical (unpaired) electrons. The number of hydrogen-bond acceptors (Lipinski definition) is 2. The molecule has 0 saturated heterocycles. The molecule has 0 aromatic rings. The third-order valence-electron chi connectivity index (χ3n) is 4.08. The molecule has 0 atom stereocenters. The summed E-state index contributed by atoms with van der Waals surface area (Å²) in [7, 11) is 0. The van der Waals surface area contributed by atoms with Gasteiger partial charge in [0.05, 0.1) is 5.41 Å². The molecule has 2 nitrogen and oxygen atoms in total. The van der Waals surface area contributed by atoms with E-state index < -0.39 is 0 Å². The Kier molecular flexibility index (Phi) is 4.82. The predicted octanol–water partition coefficient (Wildman–Crippen LogP) is 3.93. The van der Waals surface area contributed by atoms with Gasteiger partial charge in [-0.3, -0.25) is 4.79 Å². The first-order chi connectivity index (χ1) is 7.49. The Morgan fingerprint density at radius 2 is 1.75 bits per heavy atom. The van der Waals surface area contributed by atoms with Gasteiger partial charge in [-0.15, -0.1) is 0 Å². The van der Waals surface area contributed by atoms with Crippen LogP contribution in [0.5, 0.6) is 0 Å². The summed E-state index contributed by atoms with van der Waals surface area (Å²) in [6.45, 7) is 8.21. The third kappa shape index (κ3) is 3.50. The smallest absolute Gasteiger partial charge is 0.311 e. The first kappa shape index (κ1) is 13.5. The Morgan fingerprint density at radius 1 is 1.19 bits per heavy atom. The summed E-state index contributed by atoms with van der Waals surface area (Å²) >= 11 is 0. The summed E-state index contributed by atoms with van der Waals surface area (Å²) in [4.78, 5) is 11.9. The van der Waals surface area contributed by atoms with Gasteiger partial charge in [0.2, 0.25) is 0 Å². The number of carbonyl (C=O) groups is 1. The van der Waals surface area contributed by atoms with Crippen LogP contribution in [0.1, 0.15) is 66.2 Å². The van der Waals surface area contributed by atoms with Gasteiger partial charge < -0.3 is 4.74 Å². The van der Waals surface area contributed by atoms with Crippen molar-refractivity contribution in [3.05, 3.63) is 0 Å². The average molecular weight is 226 g/mol. The first-order valence-corrected chi connectivity index (χ1v) is 6.70. The van der Waals surface area contributed by atoms with Gasteiger partial charge in [-0.2, -0.15) is 0 Å². The molecule has 0 N–H and O–H groups in total. The van der Waals surface area contributed by atoms with E-state index in [-0.39, 0.29) is 17.5 Å². The lowest BCUT2D eigenvalue weighted by molar-refractivity contribution is -0.161. The molecular formula is C14H26O2. The topological polar surface area (TPSA) is 26.3 Å². The van der Waals surface area contributed by atoms with Crippen LogP contribution < -0.4 is 0 Å². The van der Waals surface area contributed by atoms with Crippen molar-refractivity contribution >= 4 is 5.97 Å². The molecule has 0 unspecified atom stereocenters. The SMILES string of the molecule is CCC1CCC(OC(=O)C(C)(C)CC)CC1. The maximum absolute atomic E-state index is 11.9. The largest absolute Gasteiger partial charge is 0.462 e. The Balaban J connectivity index is 2.36. The van der Waals surface area contributed by atoms with Crippen LogP contribution in [0, 0.1) is 11.3 Å². The third-order valence-corrected chi connectivity index (χ3v) is 4.08. The molecule has 16 heavy (non-hydrogen) atoms. The highest BCUT2D eigenvalue weighted by molar-refractivity contribution is 5.75. The minimum absolute atomic E-state index is 0.0186. The zero-order chi connectivity index (χ0) is 12.2. The molecule has 1 fully saturated rings. The summed E-state index contributed by atoms with van der Waals surface area (Å²) < 4.78 is 5.60. The van der Waals surface area contributed by atoms with Crippen LogP contribution in [0.15, 0.2) is 0 Å². The monoisotopic (exact) mass is 226 g/mol. The van der Waals surface area contributed by atoms with Gasteiger partial charge in [0.1, 0.15) is 6.10 Å². The van der Waals surface area contributed by atoms with Crippen molar-refractivity contribution in [3.63, 3.8) is 0 Å². The van der Waals surface area contributed by atoms with Gasteiger partial charge in [0, 0.05) is 0 Å². The van der Waals surface area contributed by atoms with Crippen LogP contribution in [0.2, 0.25) is 0 Å². The zero-order valence-corrected chi connectivity index (χ0v) is 11.2. The highest BCUT2D eigenvalue weighted by Gasteiger charge is 2.31. The van der Waals surface area contributed by atoms with Gasteiger partial charge in [0.15, 0.2) is 0 Å². The molecular weight excluding hydrogens is 200 g/mol. The lowest BCUT2D eigenvalue weighted by Gasteiger charge is -2.30. The van der Waals surface area contributed by atoms with Gasteiger partial charge in [0.25, 0.3) is 0 Å². The Labute approximate surface area is 99.8 Å². The van der Waals surface area contributed by atoms with E-state index in [2.05, 4.69) is 6.92 Å². The fraction of sp³-hybridized carbons (Fsp3) is 0.929. The normalized spacial score (nSPS) is 26.5. The minimum atomic E-state index is -0.318. The standard InChI is InChI=1S/C14H26O2/c1-5-11-7-9-12(10-8-11)16-13(15)14(3,4)6-2/h11-12H,5-10H2,1-4H3. The van der Waals surface area contributed by atoms with Crippen LogP contribution in [0.4, 0.5) is 0 Å². The van der Waals surface area contributed by atoms with E-state index in [9.17, 15) is 4.79 Å². The molecule has 0 aliphatic heterocycles. The van der Waals surface area contributed by atoms with Crippen LogP contribution in [-0.4, -0.2) is 12.1 Å². The fourth-order valence-electron chi connectivity index (χ4n) is 2.11. The Hall–Kier alpha value is -0.530. The van der Waals surface area contributed by atoms with Gasteiger partial charge >= 0.3 is 5.97 Å². The number of hydrogen-bond donors (Lipinski definition) is 0. The van der Waals surface area contributed by atoms with Crippen molar-refractivity contribution < 1.29 is 9.53 Å². The summed E-state index contributed by atoms with van der Waals surface area (Å²) in [6.07, 6.45) is 6.86. The van der Waals surface area contributed by atoms with Gasteiger partial charge in [-0.1, -0.05) is 20.3 Å². The van der Waals surface area contributed by atoms with E-state index in [1.54, 1.807) is 0 Å². The van der Waals surface area contributed by atoms with E-state index in [4.69, 9.17) is 4.74 Å². The van der Waals surface area contributed by atoms with Crippen molar-refractivity contribution in [2.24, 2.45) is 11.3 Å². The molecule has 0 aromatic heterocycles. The lowest BCUT2D eigenvalue weighted by Crippen LogP contribution is -2.32. The van der Waals surface area contributed by atoms with Crippen molar-refractivity contribution in [1.29, 1.82) is 0 Å². The molecule has 0 amide bonds. The number of rotatable bonds is 4. The number of carbonyl (C=O) groups excluding carboxylic acids is 1. The van der Waals surface area contributed by atoms with E-state index in [1.807, 2.05) is 20.8 Å². The molecule has 0 aromatic carbocycles. The van der Waals surface area contributed by atoms with Crippen LogP contribution >= 0.6 is 0 Å². The fourth-order valence-corrected chi connectivity index (χ4v) is 2.11. The summed E-state index contributed by atoms with van der Waals surface area (Å²) in [6, 6.07) is 0. The van der Waals surface area contributed by atoms with E-state index in [1.165, 1.54) is 19.3 Å². The zero-order valence-electron chi connectivity index (χ0n) is 11.2. The van der Waals surface area contributed by atoms with E-state index >= 15 is 0 Å². The molecule has 0 spiro atoms. The minimum Gasteiger partial charge on any atom is -0.462 e. The second-order valence-electron chi connectivity index (χ2n) is 5.69. The predicted molar refractivity (Wildman–Crippen MR) is 66.2 cm³/mol. The highest BCUT2D eigenvalue weighted by Crippen LogP contribution is 2.30. The maximum atomic E-state index is 11.9. The average Bonchev–Trinajstić information content (AvgIpc) is 2.30. The van der Waals surface area contributed by atoms with Gasteiger partial charge in [-0.25, -0.2) is 0 Å². The number of esters is 1. The van der Waals surface area contributed by atoms with Crippen LogP contribution in [0.25, 0.3) is 0 Å². The quantitative estimate of drug-likeness (QED) is 0.679. The lowest BCUT2D eigenvalue weighted by atomic mass is 9.85. The maximum Gasteiger partial charge on any atom is 0.311 e. The number of ether oxygens (including phenoxy) is 1. The summed E-state index contributed by atoms with van der Waals surface area (Å²) in [5, 5.41) is 0. The Bertz CT molecular complexity index is 225. The van der Waals surface area contributed by atoms with Crippen LogP contribution in [0.3, 0.4) is 0 Å². The Morgan fingerprint density at radius 3 is 2.19 bits per heavy atom. The molecule has 1 rings (SSSR count). The van der Waals surface area contributed by atoms with Crippen molar-refractivity contribution in [3.8, 4) is 0 Å². The second kappa shape index (κ2) is 5.70. The molecule has 0 heterocycles. The van der Waals surface area contributed by atoms with Crippen molar-refractivity contribution in [2.75, 3.05) is 0 Å². The first-order valence-electron chi connectivity index (χ1n) is 6.70. The molecule has 1 aliphatic carbocycles. The summed E-state index contributed by atoms with van der Waals surface area (Å²) in [5.41, 5.74) is -0.318. The second-order valence-corrected chi connectivity index (χ2v) is 5.69. The molecule has 1 aliphatic rings. The molecule has 0 bridgehead atoms. The van der Waals surface area contributed by atoms with E-state index in [0.717, 1.165) is 25.2 Å². The molecule has 1 saturated carbocycles. The summed E-state index contributed by atoms with van der Waals surface area (Å²) in [5.74, 6) is 0.837. The van der Waals surface area contributed by atoms with Crippen LogP contribution in [-0.2, 0) is 9.53 Å². The highest BCUT2D eigenvalue weighted by atomic mass is 16.5.